The molecule has 0 heterocycles. The summed E-state index contributed by atoms with van der Waals surface area (Å²) in [4.78, 5) is 2.71. The van der Waals surface area contributed by atoms with Crippen molar-refractivity contribution in [3.8, 4) is 0 Å². The molecule has 0 aliphatic heterocycles. The normalized spacial score (nSPS) is 18.6. The van der Waals surface area contributed by atoms with Gasteiger partial charge in [0.25, 0.3) is 0 Å². The molecule has 1 atom stereocenters. The smallest absolute Gasteiger partial charge is 0.0223 e. The molecule has 1 aliphatic carbocycles. The van der Waals surface area contributed by atoms with E-state index in [1.54, 1.807) is 0 Å². The Hall–Kier alpha value is -0.0800. The van der Waals surface area contributed by atoms with Crippen LogP contribution in [0.5, 0.6) is 0 Å². The van der Waals surface area contributed by atoms with Gasteiger partial charge < -0.3 is 10.2 Å². The van der Waals surface area contributed by atoms with Gasteiger partial charge in [-0.25, -0.2) is 0 Å². The highest BCUT2D eigenvalue weighted by molar-refractivity contribution is 4.82. The first-order valence-electron chi connectivity index (χ1n) is 9.70. The van der Waals surface area contributed by atoms with Crippen LogP contribution in [0.3, 0.4) is 0 Å². The van der Waals surface area contributed by atoms with Crippen LogP contribution in [0.4, 0.5) is 0 Å². The fourth-order valence-electron chi connectivity index (χ4n) is 3.77. The lowest BCUT2D eigenvalue weighted by molar-refractivity contribution is 0.167. The lowest BCUT2D eigenvalue weighted by Crippen LogP contribution is -2.47. The van der Waals surface area contributed by atoms with Gasteiger partial charge in [0.05, 0.1) is 0 Å². The topological polar surface area (TPSA) is 15.3 Å². The highest BCUT2D eigenvalue weighted by Crippen LogP contribution is 2.27. The van der Waals surface area contributed by atoms with Gasteiger partial charge in [-0.2, -0.15) is 0 Å². The molecule has 126 valence electrons. The second-order valence-electron chi connectivity index (χ2n) is 6.99. The van der Waals surface area contributed by atoms with Crippen LogP contribution < -0.4 is 5.32 Å². The van der Waals surface area contributed by atoms with Gasteiger partial charge in [-0.05, 0) is 44.2 Å². The van der Waals surface area contributed by atoms with E-state index in [1.807, 2.05) is 0 Å². The summed E-state index contributed by atoms with van der Waals surface area (Å²) >= 11 is 0. The molecule has 1 rings (SSSR count). The van der Waals surface area contributed by atoms with Crippen LogP contribution in [-0.4, -0.2) is 37.1 Å². The van der Waals surface area contributed by atoms with Gasteiger partial charge in [-0.3, -0.25) is 0 Å². The molecule has 1 aliphatic rings. The Balaban J connectivity index is 2.54. The quantitative estimate of drug-likeness (QED) is 0.595. The van der Waals surface area contributed by atoms with Crippen molar-refractivity contribution in [1.82, 2.24) is 10.2 Å². The Morgan fingerprint density at radius 2 is 1.62 bits per heavy atom. The average molecular weight is 297 g/mol. The molecule has 0 spiro atoms. The minimum atomic E-state index is 0.722. The van der Waals surface area contributed by atoms with Gasteiger partial charge in [0, 0.05) is 19.1 Å². The van der Waals surface area contributed by atoms with E-state index in [2.05, 4.69) is 37.9 Å². The van der Waals surface area contributed by atoms with Crippen LogP contribution in [-0.2, 0) is 0 Å². The standard InChI is InChI=1S/C19H40N2/c1-5-14-20-19(18-12-10-9-11-13-18)16-21(8-4)15-17(6-2)7-3/h17-20H,5-16H2,1-4H3. The van der Waals surface area contributed by atoms with Crippen molar-refractivity contribution in [2.45, 2.75) is 85.1 Å². The first-order valence-corrected chi connectivity index (χ1v) is 9.70. The molecule has 0 saturated heterocycles. The van der Waals surface area contributed by atoms with E-state index in [1.165, 1.54) is 77.5 Å². The Kier molecular flexibility index (Phi) is 10.4. The minimum Gasteiger partial charge on any atom is -0.312 e. The zero-order valence-electron chi connectivity index (χ0n) is 15.2. The van der Waals surface area contributed by atoms with Crippen molar-refractivity contribution >= 4 is 0 Å². The zero-order valence-corrected chi connectivity index (χ0v) is 15.2. The monoisotopic (exact) mass is 296 g/mol. The SMILES string of the molecule is CCCNC(CN(CC)CC(CC)CC)C1CCCCC1. The van der Waals surface area contributed by atoms with Crippen molar-refractivity contribution in [2.24, 2.45) is 11.8 Å². The summed E-state index contributed by atoms with van der Waals surface area (Å²) in [6, 6.07) is 0.722. The molecule has 2 heteroatoms. The van der Waals surface area contributed by atoms with E-state index >= 15 is 0 Å². The molecule has 0 radical (unpaired) electrons. The second kappa shape index (κ2) is 11.5. The van der Waals surface area contributed by atoms with E-state index < -0.39 is 0 Å². The highest BCUT2D eigenvalue weighted by Gasteiger charge is 2.25. The van der Waals surface area contributed by atoms with Gasteiger partial charge in [0.15, 0.2) is 0 Å². The summed E-state index contributed by atoms with van der Waals surface area (Å²) in [5.74, 6) is 1.80. The van der Waals surface area contributed by atoms with E-state index in [0.29, 0.717) is 0 Å². The third-order valence-electron chi connectivity index (χ3n) is 5.45. The maximum Gasteiger partial charge on any atom is 0.0223 e. The molecule has 0 aromatic heterocycles. The molecular formula is C19H40N2. The maximum atomic E-state index is 3.87. The summed E-state index contributed by atoms with van der Waals surface area (Å²) in [6.07, 6.45) is 11.2. The van der Waals surface area contributed by atoms with Crippen LogP contribution >= 0.6 is 0 Å². The van der Waals surface area contributed by atoms with Crippen LogP contribution in [0, 0.1) is 11.8 Å². The second-order valence-corrected chi connectivity index (χ2v) is 6.99. The Morgan fingerprint density at radius 3 is 2.14 bits per heavy atom. The molecular weight excluding hydrogens is 256 g/mol. The molecule has 0 aromatic rings. The number of likely N-dealkylation sites (N-methyl/N-ethyl adjacent to an activating group) is 1. The van der Waals surface area contributed by atoms with E-state index in [9.17, 15) is 0 Å². The minimum absolute atomic E-state index is 0.722. The predicted molar refractivity (Wildman–Crippen MR) is 94.8 cm³/mol. The maximum absolute atomic E-state index is 3.87. The van der Waals surface area contributed by atoms with Gasteiger partial charge in [-0.1, -0.05) is 59.8 Å². The predicted octanol–water partition coefficient (Wildman–Crippen LogP) is 4.69. The third-order valence-corrected chi connectivity index (χ3v) is 5.45. The van der Waals surface area contributed by atoms with E-state index in [4.69, 9.17) is 0 Å². The third kappa shape index (κ3) is 7.15. The number of nitrogens with zero attached hydrogens (tertiary/aromatic N) is 1. The van der Waals surface area contributed by atoms with Gasteiger partial charge in [0.1, 0.15) is 0 Å². The van der Waals surface area contributed by atoms with Crippen LogP contribution in [0.15, 0.2) is 0 Å². The van der Waals surface area contributed by atoms with E-state index in [0.717, 1.165) is 17.9 Å². The number of rotatable bonds is 11. The fourth-order valence-corrected chi connectivity index (χ4v) is 3.77. The molecule has 1 unspecified atom stereocenters. The van der Waals surface area contributed by atoms with Crippen LogP contribution in [0.1, 0.15) is 79.1 Å². The molecule has 1 saturated carbocycles. The number of hydrogen-bond acceptors (Lipinski definition) is 2. The van der Waals surface area contributed by atoms with Crippen molar-refractivity contribution < 1.29 is 0 Å². The van der Waals surface area contributed by atoms with Crippen LogP contribution in [0.2, 0.25) is 0 Å². The lowest BCUT2D eigenvalue weighted by Gasteiger charge is -2.36. The summed E-state index contributed by atoms with van der Waals surface area (Å²) in [7, 11) is 0. The summed E-state index contributed by atoms with van der Waals surface area (Å²) in [6.45, 7) is 14.2. The largest absolute Gasteiger partial charge is 0.312 e. The first-order chi connectivity index (χ1) is 10.2. The van der Waals surface area contributed by atoms with Gasteiger partial charge in [0.2, 0.25) is 0 Å². The molecule has 2 nitrogen and oxygen atoms in total. The lowest BCUT2D eigenvalue weighted by atomic mass is 9.83. The molecule has 1 N–H and O–H groups in total. The summed E-state index contributed by atoms with van der Waals surface area (Å²) < 4.78 is 0. The average Bonchev–Trinajstić information content (AvgIpc) is 2.55. The van der Waals surface area contributed by atoms with Gasteiger partial charge in [-0.15, -0.1) is 0 Å². The van der Waals surface area contributed by atoms with E-state index in [-0.39, 0.29) is 0 Å². The Labute approximate surface area is 134 Å². The molecule has 0 aromatic carbocycles. The molecule has 21 heavy (non-hydrogen) atoms. The molecule has 1 fully saturated rings. The molecule has 0 bridgehead atoms. The number of nitrogens with one attached hydrogen (secondary N) is 1. The van der Waals surface area contributed by atoms with Crippen molar-refractivity contribution in [1.29, 1.82) is 0 Å². The first kappa shape index (κ1) is 19.0. The zero-order chi connectivity index (χ0) is 15.5. The van der Waals surface area contributed by atoms with Crippen LogP contribution in [0.25, 0.3) is 0 Å². The fraction of sp³-hybridized carbons (Fsp3) is 1.00. The molecule has 0 amide bonds. The van der Waals surface area contributed by atoms with Crippen molar-refractivity contribution in [3.63, 3.8) is 0 Å². The van der Waals surface area contributed by atoms with Crippen molar-refractivity contribution in [2.75, 3.05) is 26.2 Å². The highest BCUT2D eigenvalue weighted by atomic mass is 15.1. The number of hydrogen-bond donors (Lipinski definition) is 1. The summed E-state index contributed by atoms with van der Waals surface area (Å²) in [5, 5.41) is 3.87. The Morgan fingerprint density at radius 1 is 0.952 bits per heavy atom. The van der Waals surface area contributed by atoms with Crippen molar-refractivity contribution in [3.05, 3.63) is 0 Å². The van der Waals surface area contributed by atoms with Gasteiger partial charge >= 0.3 is 0 Å². The summed E-state index contributed by atoms with van der Waals surface area (Å²) in [5.41, 5.74) is 0. The Bertz CT molecular complexity index is 232.